The van der Waals surface area contributed by atoms with Gasteiger partial charge in [0.1, 0.15) is 6.04 Å². The predicted molar refractivity (Wildman–Crippen MR) is 105 cm³/mol. The number of likely N-dealkylation sites (tertiary alicyclic amines) is 1. The molecule has 1 fully saturated rings. The number of benzene rings is 1. The molecule has 5 heteroatoms. The minimum Gasteiger partial charge on any atom is -0.480 e. The Morgan fingerprint density at radius 3 is 2.85 bits per heavy atom. The smallest absolute Gasteiger partial charge is 0.320 e. The van der Waals surface area contributed by atoms with Crippen LogP contribution in [0.4, 0.5) is 0 Å². The molecule has 0 amide bonds. The monoisotopic (exact) mass is 366 g/mol. The molecule has 1 aliphatic rings. The maximum atomic E-state index is 12.0. The second kappa shape index (κ2) is 7.17. The Morgan fingerprint density at radius 1 is 1.23 bits per heavy atom. The van der Waals surface area contributed by atoms with Crippen molar-refractivity contribution in [3.8, 4) is 0 Å². The molecule has 0 radical (unpaired) electrons. The summed E-state index contributed by atoms with van der Waals surface area (Å²) in [4.78, 5) is 21.1. The highest BCUT2D eigenvalue weighted by Gasteiger charge is 2.36. The lowest BCUT2D eigenvalue weighted by atomic mass is 9.93. The number of pyridine rings is 1. The number of fused-ring (bicyclic) bond motifs is 1. The number of carboxylic acids is 1. The number of aryl methyl sites for hydroxylation is 1. The second-order valence-corrected chi connectivity index (χ2v) is 8.18. The summed E-state index contributed by atoms with van der Waals surface area (Å²) in [5, 5.41) is 10.9. The van der Waals surface area contributed by atoms with Crippen molar-refractivity contribution in [3.63, 3.8) is 0 Å². The highest BCUT2D eigenvalue weighted by atomic mass is 32.1. The molecule has 2 unspecified atom stereocenters. The van der Waals surface area contributed by atoms with E-state index >= 15 is 0 Å². The molecule has 4 rings (SSSR count). The van der Waals surface area contributed by atoms with Crippen molar-refractivity contribution in [2.45, 2.75) is 38.3 Å². The summed E-state index contributed by atoms with van der Waals surface area (Å²) in [5.74, 6) is -0.721. The van der Waals surface area contributed by atoms with Gasteiger partial charge in [-0.2, -0.15) is 0 Å². The number of piperidine rings is 1. The molecule has 1 saturated heterocycles. The summed E-state index contributed by atoms with van der Waals surface area (Å²) in [5.41, 5.74) is 2.10. The zero-order valence-electron chi connectivity index (χ0n) is 14.8. The first-order valence-electron chi connectivity index (χ1n) is 9.03. The molecule has 0 aliphatic carbocycles. The van der Waals surface area contributed by atoms with Crippen LogP contribution in [-0.4, -0.2) is 33.5 Å². The molecule has 3 aromatic rings. The first-order chi connectivity index (χ1) is 12.6. The number of hydrogen-bond donors (Lipinski definition) is 1. The summed E-state index contributed by atoms with van der Waals surface area (Å²) in [6, 6.07) is 13.9. The van der Waals surface area contributed by atoms with Crippen LogP contribution in [0.2, 0.25) is 0 Å². The minimum atomic E-state index is -0.721. The van der Waals surface area contributed by atoms with Gasteiger partial charge in [0, 0.05) is 21.3 Å². The van der Waals surface area contributed by atoms with E-state index in [1.807, 2.05) is 24.4 Å². The lowest BCUT2D eigenvalue weighted by Crippen LogP contribution is -2.46. The first-order valence-corrected chi connectivity index (χ1v) is 9.85. The zero-order chi connectivity index (χ0) is 18.1. The number of para-hydroxylation sites is 1. The molecular weight excluding hydrogens is 344 g/mol. The number of carboxylic acid groups (broad SMARTS) is 1. The van der Waals surface area contributed by atoms with Crippen LogP contribution < -0.4 is 0 Å². The van der Waals surface area contributed by atoms with Crippen LogP contribution in [0.1, 0.15) is 40.6 Å². The van der Waals surface area contributed by atoms with Crippen molar-refractivity contribution in [1.29, 1.82) is 0 Å². The largest absolute Gasteiger partial charge is 0.480 e. The van der Waals surface area contributed by atoms with E-state index in [9.17, 15) is 9.90 Å². The van der Waals surface area contributed by atoms with Crippen molar-refractivity contribution >= 4 is 28.2 Å². The average molecular weight is 366 g/mol. The van der Waals surface area contributed by atoms with Gasteiger partial charge in [-0.05, 0) is 56.1 Å². The van der Waals surface area contributed by atoms with Gasteiger partial charge in [-0.1, -0.05) is 24.6 Å². The molecule has 2 atom stereocenters. The highest BCUT2D eigenvalue weighted by Crippen LogP contribution is 2.39. The van der Waals surface area contributed by atoms with E-state index in [4.69, 9.17) is 0 Å². The Bertz CT molecular complexity index is 931. The minimum absolute atomic E-state index is 0.0528. The number of aromatic nitrogens is 1. The van der Waals surface area contributed by atoms with Crippen LogP contribution in [0, 0.1) is 6.92 Å². The summed E-state index contributed by atoms with van der Waals surface area (Å²) >= 11 is 1.75. The molecule has 0 bridgehead atoms. The van der Waals surface area contributed by atoms with Crippen molar-refractivity contribution in [3.05, 3.63) is 64.0 Å². The molecule has 3 heterocycles. The lowest BCUT2D eigenvalue weighted by molar-refractivity contribution is -0.145. The summed E-state index contributed by atoms with van der Waals surface area (Å²) < 4.78 is 0. The fraction of sp³-hybridized carbons (Fsp3) is 0.333. The Labute approximate surface area is 157 Å². The van der Waals surface area contributed by atoms with E-state index in [2.05, 4.69) is 41.1 Å². The third kappa shape index (κ3) is 3.13. The van der Waals surface area contributed by atoms with E-state index in [1.54, 1.807) is 11.3 Å². The van der Waals surface area contributed by atoms with E-state index in [1.165, 1.54) is 9.75 Å². The van der Waals surface area contributed by atoms with E-state index in [0.29, 0.717) is 6.42 Å². The van der Waals surface area contributed by atoms with E-state index < -0.39 is 12.0 Å². The topological polar surface area (TPSA) is 53.4 Å². The first kappa shape index (κ1) is 17.2. The summed E-state index contributed by atoms with van der Waals surface area (Å²) in [7, 11) is 0. The fourth-order valence-electron chi connectivity index (χ4n) is 3.98. The summed E-state index contributed by atoms with van der Waals surface area (Å²) in [6.07, 6.45) is 4.55. The molecule has 134 valence electrons. The van der Waals surface area contributed by atoms with Gasteiger partial charge in [-0.3, -0.25) is 14.7 Å². The normalized spacial score (nSPS) is 19.5. The lowest BCUT2D eigenvalue weighted by Gasteiger charge is -2.39. The third-order valence-corrected chi connectivity index (χ3v) is 6.22. The van der Waals surface area contributed by atoms with Crippen molar-refractivity contribution in [2.24, 2.45) is 0 Å². The number of hydrogen-bond acceptors (Lipinski definition) is 4. The standard InChI is InChI=1S/C21H22N2O2S/c1-14-9-10-19(26-14)20(23-13-5-4-8-18(23)21(24)25)16-11-12-22-17-7-3-2-6-15(16)17/h2-3,6-7,9-12,18,20H,4-5,8,13H2,1H3,(H,24,25). The van der Waals surface area contributed by atoms with Crippen LogP contribution in [0.3, 0.4) is 0 Å². The zero-order valence-corrected chi connectivity index (χ0v) is 15.6. The van der Waals surface area contributed by atoms with Crippen molar-refractivity contribution in [2.75, 3.05) is 6.54 Å². The number of thiophene rings is 1. The van der Waals surface area contributed by atoms with Gasteiger partial charge in [0.05, 0.1) is 11.6 Å². The molecule has 2 aromatic heterocycles. The number of nitrogens with zero attached hydrogens (tertiary/aromatic N) is 2. The molecule has 1 N–H and O–H groups in total. The highest BCUT2D eigenvalue weighted by molar-refractivity contribution is 7.12. The summed E-state index contributed by atoms with van der Waals surface area (Å²) in [6.45, 7) is 2.90. The molecule has 0 spiro atoms. The van der Waals surface area contributed by atoms with Crippen LogP contribution >= 0.6 is 11.3 Å². The fourth-order valence-corrected chi connectivity index (χ4v) is 5.00. The van der Waals surface area contributed by atoms with E-state index in [-0.39, 0.29) is 6.04 Å². The van der Waals surface area contributed by atoms with Gasteiger partial charge < -0.3 is 5.11 Å². The quantitative estimate of drug-likeness (QED) is 0.731. The average Bonchev–Trinajstić information content (AvgIpc) is 3.08. The van der Waals surface area contributed by atoms with Crippen LogP contribution in [-0.2, 0) is 4.79 Å². The maximum absolute atomic E-state index is 12.0. The maximum Gasteiger partial charge on any atom is 0.320 e. The van der Waals surface area contributed by atoms with Crippen LogP contribution in [0.25, 0.3) is 10.9 Å². The Hall–Kier alpha value is -2.24. The number of carbonyl (C=O) groups is 1. The van der Waals surface area contributed by atoms with Gasteiger partial charge in [-0.15, -0.1) is 11.3 Å². The van der Waals surface area contributed by atoms with Crippen LogP contribution in [0.15, 0.2) is 48.7 Å². The van der Waals surface area contributed by atoms with Crippen LogP contribution in [0.5, 0.6) is 0 Å². The molecule has 1 aromatic carbocycles. The molecular formula is C21H22N2O2S. The molecule has 26 heavy (non-hydrogen) atoms. The van der Waals surface area contributed by atoms with Crippen molar-refractivity contribution < 1.29 is 9.90 Å². The predicted octanol–water partition coefficient (Wildman–Crippen LogP) is 4.63. The number of aliphatic carboxylic acids is 1. The van der Waals surface area contributed by atoms with Gasteiger partial charge in [-0.25, -0.2) is 0 Å². The van der Waals surface area contributed by atoms with Crippen molar-refractivity contribution in [1.82, 2.24) is 9.88 Å². The van der Waals surface area contributed by atoms with Gasteiger partial charge in [0.15, 0.2) is 0 Å². The molecule has 1 aliphatic heterocycles. The van der Waals surface area contributed by atoms with E-state index in [0.717, 1.165) is 35.9 Å². The van der Waals surface area contributed by atoms with Gasteiger partial charge in [0.2, 0.25) is 0 Å². The third-order valence-electron chi connectivity index (χ3n) is 5.17. The Balaban J connectivity index is 1.89. The second-order valence-electron chi connectivity index (χ2n) is 6.86. The number of rotatable bonds is 4. The molecule has 0 saturated carbocycles. The SMILES string of the molecule is Cc1ccc(C(c2ccnc3ccccc23)N2CCCCC2C(=O)O)s1. The van der Waals surface area contributed by atoms with Gasteiger partial charge >= 0.3 is 5.97 Å². The van der Waals surface area contributed by atoms with Gasteiger partial charge in [0.25, 0.3) is 0 Å². The Kier molecular flexibility index (Phi) is 4.74. The molecule has 4 nitrogen and oxygen atoms in total. The Morgan fingerprint density at radius 2 is 2.08 bits per heavy atom.